The van der Waals surface area contributed by atoms with Crippen LogP contribution in [0.5, 0.6) is 0 Å². The normalized spacial score (nSPS) is 18.0. The molecule has 5 amide bonds. The van der Waals surface area contributed by atoms with Crippen LogP contribution in [0.2, 0.25) is 0 Å². The summed E-state index contributed by atoms with van der Waals surface area (Å²) < 4.78 is 5.39. The molecular formula is C23H32N4O5. The van der Waals surface area contributed by atoms with Crippen LogP contribution in [0.15, 0.2) is 18.2 Å². The summed E-state index contributed by atoms with van der Waals surface area (Å²) in [7, 11) is 0. The fourth-order valence-corrected chi connectivity index (χ4v) is 4.08. The number of imide groups is 1. The van der Waals surface area contributed by atoms with Crippen molar-refractivity contribution in [3.8, 4) is 0 Å². The number of hydrogen-bond acceptors (Lipinski definition) is 5. The van der Waals surface area contributed by atoms with Crippen molar-refractivity contribution in [3.63, 3.8) is 0 Å². The predicted molar refractivity (Wildman–Crippen MR) is 119 cm³/mol. The second-order valence-corrected chi connectivity index (χ2v) is 9.38. The van der Waals surface area contributed by atoms with E-state index in [4.69, 9.17) is 4.74 Å². The molecule has 0 bridgehead atoms. The maximum atomic E-state index is 13.1. The molecule has 174 valence electrons. The van der Waals surface area contributed by atoms with E-state index in [9.17, 15) is 19.2 Å². The van der Waals surface area contributed by atoms with Crippen LogP contribution in [0.3, 0.4) is 0 Å². The van der Waals surface area contributed by atoms with Gasteiger partial charge in [-0.2, -0.15) is 0 Å². The number of aryl methyl sites for hydroxylation is 2. The Hall–Kier alpha value is -3.10. The summed E-state index contributed by atoms with van der Waals surface area (Å²) >= 11 is 0. The largest absolute Gasteiger partial charge is 0.444 e. The van der Waals surface area contributed by atoms with Crippen molar-refractivity contribution in [1.29, 1.82) is 0 Å². The topological polar surface area (TPSA) is 108 Å². The molecule has 0 atom stereocenters. The van der Waals surface area contributed by atoms with Gasteiger partial charge >= 0.3 is 12.1 Å². The van der Waals surface area contributed by atoms with E-state index in [1.165, 1.54) is 4.90 Å². The van der Waals surface area contributed by atoms with Crippen molar-refractivity contribution in [2.24, 2.45) is 0 Å². The van der Waals surface area contributed by atoms with E-state index in [1.807, 2.05) is 32.0 Å². The molecule has 2 fully saturated rings. The van der Waals surface area contributed by atoms with Crippen LogP contribution in [0.1, 0.15) is 51.7 Å². The molecule has 1 aromatic carbocycles. The smallest absolute Gasteiger partial charge is 0.410 e. The lowest BCUT2D eigenvalue weighted by Gasteiger charge is -2.37. The maximum absolute atomic E-state index is 13.1. The number of nitrogens with zero attached hydrogens (tertiary/aromatic N) is 2. The zero-order valence-electron chi connectivity index (χ0n) is 19.4. The van der Waals surface area contributed by atoms with Gasteiger partial charge in [0.05, 0.1) is 0 Å². The van der Waals surface area contributed by atoms with E-state index >= 15 is 0 Å². The van der Waals surface area contributed by atoms with Crippen LogP contribution in [-0.2, 0) is 20.7 Å². The van der Waals surface area contributed by atoms with Crippen molar-refractivity contribution in [2.45, 2.75) is 65.0 Å². The van der Waals surface area contributed by atoms with Crippen molar-refractivity contribution in [1.82, 2.24) is 15.1 Å². The van der Waals surface area contributed by atoms with Gasteiger partial charge in [0.1, 0.15) is 17.7 Å². The molecule has 0 aliphatic carbocycles. The Morgan fingerprint density at radius 2 is 1.84 bits per heavy atom. The molecule has 2 aliphatic heterocycles. The fourth-order valence-electron chi connectivity index (χ4n) is 4.08. The third-order valence-corrected chi connectivity index (χ3v) is 5.82. The van der Waals surface area contributed by atoms with E-state index in [1.54, 1.807) is 20.8 Å². The van der Waals surface area contributed by atoms with Crippen molar-refractivity contribution >= 4 is 29.6 Å². The summed E-state index contributed by atoms with van der Waals surface area (Å²) in [6, 6.07) is 5.17. The van der Waals surface area contributed by atoms with Gasteiger partial charge in [-0.05, 0) is 58.1 Å². The lowest BCUT2D eigenvalue weighted by molar-refractivity contribution is -0.135. The van der Waals surface area contributed by atoms with Gasteiger partial charge in [0.2, 0.25) is 5.91 Å². The minimum Gasteiger partial charge on any atom is -0.444 e. The van der Waals surface area contributed by atoms with Gasteiger partial charge in [0.15, 0.2) is 0 Å². The molecule has 0 aromatic heterocycles. The highest BCUT2D eigenvalue weighted by atomic mass is 16.6. The van der Waals surface area contributed by atoms with Crippen LogP contribution < -0.4 is 10.6 Å². The third-order valence-electron chi connectivity index (χ3n) is 5.82. The second-order valence-electron chi connectivity index (χ2n) is 9.38. The summed E-state index contributed by atoms with van der Waals surface area (Å²) in [6.45, 7) is 9.47. The summed E-state index contributed by atoms with van der Waals surface area (Å²) in [4.78, 5) is 53.1. The monoisotopic (exact) mass is 444 g/mol. The molecule has 1 aromatic rings. The Bertz CT molecular complexity index is 929. The minimum atomic E-state index is -1.09. The number of carbonyl (C=O) groups is 4. The van der Waals surface area contributed by atoms with E-state index in [2.05, 4.69) is 10.6 Å². The number of ether oxygens (including phenoxy) is 1. The molecule has 0 saturated carbocycles. The van der Waals surface area contributed by atoms with E-state index in [-0.39, 0.29) is 32.5 Å². The van der Waals surface area contributed by atoms with Crippen LogP contribution in [-0.4, -0.2) is 64.5 Å². The van der Waals surface area contributed by atoms with Gasteiger partial charge in [-0.25, -0.2) is 9.59 Å². The number of carbonyl (C=O) groups excluding carboxylic acids is 4. The zero-order valence-corrected chi connectivity index (χ0v) is 19.4. The number of nitrogens with one attached hydrogen (secondary N) is 2. The molecule has 2 saturated heterocycles. The van der Waals surface area contributed by atoms with E-state index < -0.39 is 35.1 Å². The van der Waals surface area contributed by atoms with Gasteiger partial charge in [0.25, 0.3) is 5.91 Å². The average Bonchev–Trinajstić information content (AvgIpc) is 2.92. The molecule has 0 unspecified atom stereocenters. The first-order valence-corrected chi connectivity index (χ1v) is 11.0. The number of benzene rings is 1. The number of piperidine rings is 1. The lowest BCUT2D eigenvalue weighted by Crippen LogP contribution is -2.56. The summed E-state index contributed by atoms with van der Waals surface area (Å²) in [6.07, 6.45) is 0.849. The number of amides is 5. The van der Waals surface area contributed by atoms with Crippen molar-refractivity contribution < 1.29 is 23.9 Å². The molecule has 3 rings (SSSR count). The first-order valence-electron chi connectivity index (χ1n) is 11.0. The summed E-state index contributed by atoms with van der Waals surface area (Å²) in [5.74, 6) is -0.859. The lowest BCUT2D eigenvalue weighted by atomic mass is 9.87. The molecule has 9 heteroatoms. The molecule has 1 spiro atoms. The number of likely N-dealkylation sites (tertiary alicyclic amines) is 1. The number of urea groups is 1. The molecule has 0 radical (unpaired) electrons. The van der Waals surface area contributed by atoms with Crippen LogP contribution >= 0.6 is 0 Å². The Balaban J connectivity index is 1.63. The molecule has 2 aliphatic rings. The van der Waals surface area contributed by atoms with Crippen molar-refractivity contribution in [2.75, 3.05) is 25.0 Å². The zero-order chi connectivity index (χ0) is 23.7. The molecule has 2 heterocycles. The SMILES string of the molecule is CCc1cccc(C)c1NC(=O)CN1C(=O)NC2(CCN(C(=O)OC(C)(C)C)CC2)C1=O. The Morgan fingerprint density at radius 3 is 2.44 bits per heavy atom. The maximum Gasteiger partial charge on any atom is 0.410 e. The number of rotatable bonds is 4. The first-order chi connectivity index (χ1) is 15.0. The highest BCUT2D eigenvalue weighted by molar-refractivity contribution is 6.10. The van der Waals surface area contributed by atoms with Gasteiger partial charge in [-0.15, -0.1) is 0 Å². The van der Waals surface area contributed by atoms with Gasteiger partial charge in [-0.3, -0.25) is 14.5 Å². The fraction of sp³-hybridized carbons (Fsp3) is 0.565. The number of hydrogen-bond donors (Lipinski definition) is 2. The highest BCUT2D eigenvalue weighted by Gasteiger charge is 2.53. The number of anilines is 1. The molecular weight excluding hydrogens is 412 g/mol. The Morgan fingerprint density at radius 1 is 1.19 bits per heavy atom. The minimum absolute atomic E-state index is 0.271. The summed E-state index contributed by atoms with van der Waals surface area (Å²) in [5, 5.41) is 5.61. The standard InChI is InChI=1S/C23H32N4O5/c1-6-16-9-7-8-15(2)18(16)24-17(28)14-27-19(29)23(25-20(27)30)10-12-26(13-11-23)21(31)32-22(3,4)5/h7-9H,6,10-14H2,1-5H3,(H,24,28)(H,25,30). The third kappa shape index (κ3) is 4.87. The van der Waals surface area contributed by atoms with Gasteiger partial charge in [-0.1, -0.05) is 25.1 Å². The van der Waals surface area contributed by atoms with Crippen LogP contribution in [0, 0.1) is 6.92 Å². The summed E-state index contributed by atoms with van der Waals surface area (Å²) in [5.41, 5.74) is 0.921. The van der Waals surface area contributed by atoms with Gasteiger partial charge < -0.3 is 20.3 Å². The van der Waals surface area contributed by atoms with E-state index in [0.717, 1.165) is 22.4 Å². The second kappa shape index (κ2) is 8.80. The first kappa shape index (κ1) is 23.6. The van der Waals surface area contributed by atoms with Crippen molar-refractivity contribution in [3.05, 3.63) is 29.3 Å². The highest BCUT2D eigenvalue weighted by Crippen LogP contribution is 2.30. The van der Waals surface area contributed by atoms with Crippen LogP contribution in [0.4, 0.5) is 15.3 Å². The van der Waals surface area contributed by atoms with Crippen LogP contribution in [0.25, 0.3) is 0 Å². The molecule has 2 N–H and O–H groups in total. The average molecular weight is 445 g/mol. The predicted octanol–water partition coefficient (Wildman–Crippen LogP) is 2.82. The van der Waals surface area contributed by atoms with Gasteiger partial charge in [0, 0.05) is 18.8 Å². The quantitative estimate of drug-likeness (QED) is 0.695. The van der Waals surface area contributed by atoms with E-state index in [0.29, 0.717) is 5.69 Å². The Labute approximate surface area is 188 Å². The molecule has 9 nitrogen and oxygen atoms in total. The number of para-hydroxylation sites is 1. The molecule has 32 heavy (non-hydrogen) atoms. The Kier molecular flexibility index (Phi) is 6.48.